The van der Waals surface area contributed by atoms with E-state index in [2.05, 4.69) is 23.7 Å². The highest BCUT2D eigenvalue weighted by molar-refractivity contribution is 8.01. The summed E-state index contributed by atoms with van der Waals surface area (Å²) in [7, 11) is 2.53. The summed E-state index contributed by atoms with van der Waals surface area (Å²) in [6, 6.07) is 7.80. The Labute approximate surface area is 225 Å². The van der Waals surface area contributed by atoms with Gasteiger partial charge in [0.05, 0.1) is 38.2 Å². The number of aromatic nitrogens is 1. The van der Waals surface area contributed by atoms with Crippen LogP contribution < -0.4 is 9.04 Å². The second kappa shape index (κ2) is 12.3. The van der Waals surface area contributed by atoms with Crippen LogP contribution in [0.5, 0.6) is 5.75 Å². The summed E-state index contributed by atoms with van der Waals surface area (Å²) in [6.07, 6.45) is 5.33. The topological polar surface area (TPSA) is 81.2 Å². The fraction of sp³-hybridized carbons (Fsp3) is 0.321. The molecule has 0 spiro atoms. The van der Waals surface area contributed by atoms with E-state index in [-0.39, 0.29) is 11.3 Å². The van der Waals surface area contributed by atoms with Gasteiger partial charge in [-0.3, -0.25) is 4.98 Å². The number of pyridine rings is 1. The molecule has 10 heteroatoms. The first-order valence-electron chi connectivity index (χ1n) is 12.3. The van der Waals surface area contributed by atoms with Gasteiger partial charge in [0.25, 0.3) is 0 Å². The number of esters is 1. The molecular formula is C28H30FN3O5S. The van der Waals surface area contributed by atoms with Crippen molar-refractivity contribution in [2.45, 2.75) is 25.2 Å². The van der Waals surface area contributed by atoms with Gasteiger partial charge in [-0.2, -0.15) is 0 Å². The number of amides is 1. The standard InChI is InChI=1S/C28H30FN3O5S/c1-5-31(6-2)14-7-8-18-16-19(29)9-12-24(18)38-32(28(34)36-4)22-11-10-21-20-13-15-37-23(20)17-30-26(21)25(22)27(33)35-3/h7-12,16-17H,5-6,13-15H2,1-4H3/b8-7-. The van der Waals surface area contributed by atoms with Gasteiger partial charge in [0, 0.05) is 28.8 Å². The minimum Gasteiger partial charge on any atom is -0.491 e. The van der Waals surface area contributed by atoms with Gasteiger partial charge in [-0.15, -0.1) is 0 Å². The van der Waals surface area contributed by atoms with Gasteiger partial charge in [0.15, 0.2) is 0 Å². The van der Waals surface area contributed by atoms with Crippen molar-refractivity contribution in [1.29, 1.82) is 0 Å². The highest BCUT2D eigenvalue weighted by Crippen LogP contribution is 2.40. The molecule has 0 saturated carbocycles. The molecule has 0 fully saturated rings. The van der Waals surface area contributed by atoms with Crippen LogP contribution in [0.2, 0.25) is 0 Å². The van der Waals surface area contributed by atoms with Crippen molar-refractivity contribution in [1.82, 2.24) is 9.88 Å². The van der Waals surface area contributed by atoms with Gasteiger partial charge >= 0.3 is 12.1 Å². The Balaban J connectivity index is 1.80. The number of fused-ring (bicyclic) bond motifs is 3. The Morgan fingerprint density at radius 2 is 1.95 bits per heavy atom. The Morgan fingerprint density at radius 3 is 2.66 bits per heavy atom. The Bertz CT molecular complexity index is 1380. The molecule has 0 N–H and O–H groups in total. The molecule has 4 rings (SSSR count). The second-order valence-corrected chi connectivity index (χ2v) is 9.46. The lowest BCUT2D eigenvalue weighted by Crippen LogP contribution is -2.26. The van der Waals surface area contributed by atoms with E-state index >= 15 is 0 Å². The second-order valence-electron chi connectivity index (χ2n) is 8.47. The Hall–Kier alpha value is -3.63. The minimum atomic E-state index is -0.716. The van der Waals surface area contributed by atoms with Gasteiger partial charge in [-0.05, 0) is 54.9 Å². The molecule has 0 bridgehead atoms. The zero-order chi connectivity index (χ0) is 27.2. The quantitative estimate of drug-likeness (QED) is 0.252. The lowest BCUT2D eigenvalue weighted by molar-refractivity contribution is 0.0603. The predicted molar refractivity (Wildman–Crippen MR) is 146 cm³/mol. The van der Waals surface area contributed by atoms with Gasteiger partial charge in [0.2, 0.25) is 0 Å². The third kappa shape index (κ3) is 5.61. The van der Waals surface area contributed by atoms with E-state index in [0.717, 1.165) is 36.0 Å². The van der Waals surface area contributed by atoms with Crippen molar-refractivity contribution in [3.8, 4) is 5.75 Å². The van der Waals surface area contributed by atoms with Crippen LogP contribution in [0.3, 0.4) is 0 Å². The van der Waals surface area contributed by atoms with Crippen molar-refractivity contribution < 1.29 is 28.2 Å². The van der Waals surface area contributed by atoms with Crippen LogP contribution in [0.4, 0.5) is 14.9 Å². The van der Waals surface area contributed by atoms with Crippen LogP contribution in [0.25, 0.3) is 17.0 Å². The highest BCUT2D eigenvalue weighted by atomic mass is 32.2. The first-order chi connectivity index (χ1) is 18.4. The van der Waals surface area contributed by atoms with E-state index in [4.69, 9.17) is 14.2 Å². The minimum absolute atomic E-state index is 0.123. The van der Waals surface area contributed by atoms with Crippen LogP contribution in [0.1, 0.15) is 35.3 Å². The summed E-state index contributed by atoms with van der Waals surface area (Å²) in [5.41, 5.74) is 2.30. The molecule has 0 saturated heterocycles. The van der Waals surface area contributed by atoms with Crippen LogP contribution >= 0.6 is 11.9 Å². The Morgan fingerprint density at radius 1 is 1.16 bits per heavy atom. The van der Waals surface area contributed by atoms with Crippen LogP contribution in [-0.4, -0.2) is 62.4 Å². The third-order valence-corrected chi connectivity index (χ3v) is 7.46. The molecular weight excluding hydrogens is 509 g/mol. The maximum Gasteiger partial charge on any atom is 0.424 e. The molecule has 0 atom stereocenters. The summed E-state index contributed by atoms with van der Waals surface area (Å²) in [6.45, 7) is 7.17. The summed E-state index contributed by atoms with van der Waals surface area (Å²) < 4.78 is 31.3. The molecule has 2 aromatic carbocycles. The number of nitrogens with zero attached hydrogens (tertiary/aromatic N) is 3. The van der Waals surface area contributed by atoms with Gasteiger partial charge in [0.1, 0.15) is 17.1 Å². The maximum atomic E-state index is 14.2. The first-order valence-corrected chi connectivity index (χ1v) is 13.1. The van der Waals surface area contributed by atoms with Crippen molar-refractivity contribution in [2.24, 2.45) is 0 Å². The van der Waals surface area contributed by atoms with Crippen LogP contribution in [-0.2, 0) is 15.9 Å². The van der Waals surface area contributed by atoms with Crippen molar-refractivity contribution >= 4 is 46.7 Å². The average Bonchev–Trinajstić information content (AvgIpc) is 3.43. The van der Waals surface area contributed by atoms with Gasteiger partial charge in [-0.1, -0.05) is 32.1 Å². The summed E-state index contributed by atoms with van der Waals surface area (Å²) in [4.78, 5) is 33.4. The number of methoxy groups -OCH3 is 2. The molecule has 1 amide bonds. The molecule has 1 aromatic heterocycles. The SMILES string of the molecule is CCN(CC)C/C=C\c1cc(F)ccc1SN(C(=O)OC)c1ccc2c3c(cnc2c1C(=O)OC)OCC3. The van der Waals surface area contributed by atoms with Gasteiger partial charge in [-0.25, -0.2) is 18.3 Å². The van der Waals surface area contributed by atoms with E-state index in [1.54, 1.807) is 18.3 Å². The van der Waals surface area contributed by atoms with E-state index in [1.165, 1.54) is 30.7 Å². The molecule has 0 unspecified atom stereocenters. The number of carbonyl (C=O) groups is 2. The fourth-order valence-corrected chi connectivity index (χ4v) is 5.28. The number of hydrogen-bond acceptors (Lipinski definition) is 8. The Kier molecular flexibility index (Phi) is 8.85. The molecule has 0 aliphatic carbocycles. The molecule has 0 radical (unpaired) electrons. The van der Waals surface area contributed by atoms with Crippen molar-refractivity contribution in [3.05, 3.63) is 65.1 Å². The number of likely N-dealkylation sites (N-methyl/N-ethyl adjacent to an activating group) is 1. The zero-order valence-corrected chi connectivity index (χ0v) is 22.6. The largest absolute Gasteiger partial charge is 0.491 e. The van der Waals surface area contributed by atoms with Crippen molar-refractivity contribution in [2.75, 3.05) is 44.8 Å². The molecule has 3 aromatic rings. The number of rotatable bonds is 9. The fourth-order valence-electron chi connectivity index (χ4n) is 4.32. The molecule has 1 aliphatic rings. The number of carbonyl (C=O) groups excluding carboxylic acids is 2. The van der Waals surface area contributed by atoms with Gasteiger partial charge < -0.3 is 19.1 Å². The normalized spacial score (nSPS) is 12.6. The summed E-state index contributed by atoms with van der Waals surface area (Å²) in [5, 5.41) is 0.751. The number of benzene rings is 2. The molecule has 8 nitrogen and oxygen atoms in total. The van der Waals surface area contributed by atoms with Crippen LogP contribution in [0, 0.1) is 5.82 Å². The van der Waals surface area contributed by atoms with Crippen molar-refractivity contribution in [3.63, 3.8) is 0 Å². The van der Waals surface area contributed by atoms with E-state index in [0.29, 0.717) is 41.3 Å². The monoisotopic (exact) mass is 539 g/mol. The number of hydrogen-bond donors (Lipinski definition) is 0. The number of anilines is 1. The lowest BCUT2D eigenvalue weighted by Gasteiger charge is -2.23. The first kappa shape index (κ1) is 27.4. The smallest absolute Gasteiger partial charge is 0.424 e. The number of halogens is 1. The maximum absolute atomic E-state index is 14.2. The summed E-state index contributed by atoms with van der Waals surface area (Å²) in [5.74, 6) is -0.375. The summed E-state index contributed by atoms with van der Waals surface area (Å²) >= 11 is 1.02. The average molecular weight is 540 g/mol. The lowest BCUT2D eigenvalue weighted by atomic mass is 10.0. The highest BCUT2D eigenvalue weighted by Gasteiger charge is 2.29. The number of ether oxygens (including phenoxy) is 3. The van der Waals surface area contributed by atoms with E-state index in [1.807, 2.05) is 18.2 Å². The predicted octanol–water partition coefficient (Wildman–Crippen LogP) is 5.73. The molecule has 38 heavy (non-hydrogen) atoms. The molecule has 1 aliphatic heterocycles. The van der Waals surface area contributed by atoms with E-state index in [9.17, 15) is 14.0 Å². The zero-order valence-electron chi connectivity index (χ0n) is 21.8. The van der Waals surface area contributed by atoms with E-state index < -0.39 is 17.9 Å². The molecule has 200 valence electrons. The van der Waals surface area contributed by atoms with Crippen LogP contribution in [0.15, 0.2) is 47.5 Å². The molecule has 2 heterocycles. The third-order valence-electron chi connectivity index (χ3n) is 6.36.